The van der Waals surface area contributed by atoms with Gasteiger partial charge in [-0.15, -0.1) is 0 Å². The molecule has 1 aromatic heterocycles. The van der Waals surface area contributed by atoms with E-state index in [0.29, 0.717) is 13.1 Å². The highest BCUT2D eigenvalue weighted by atomic mass is 19.4. The van der Waals surface area contributed by atoms with E-state index in [1.807, 2.05) is 37.3 Å². The van der Waals surface area contributed by atoms with Gasteiger partial charge in [0.05, 0.1) is 6.04 Å². The first-order chi connectivity index (χ1) is 17.1. The van der Waals surface area contributed by atoms with Crippen LogP contribution in [-0.4, -0.2) is 40.4 Å². The average Bonchev–Trinajstić information content (AvgIpc) is 2.87. The van der Waals surface area contributed by atoms with Gasteiger partial charge in [-0.1, -0.05) is 42.5 Å². The molecule has 1 aliphatic heterocycles. The van der Waals surface area contributed by atoms with Crippen molar-refractivity contribution in [2.45, 2.75) is 31.4 Å². The summed E-state index contributed by atoms with van der Waals surface area (Å²) in [5.74, 6) is -3.11. The van der Waals surface area contributed by atoms with Gasteiger partial charge in [0.2, 0.25) is 5.72 Å². The van der Waals surface area contributed by atoms with Crippen molar-refractivity contribution in [1.29, 1.82) is 0 Å². The van der Waals surface area contributed by atoms with Crippen LogP contribution in [0.2, 0.25) is 0 Å². The lowest BCUT2D eigenvalue weighted by Crippen LogP contribution is -2.72. The number of alkyl halides is 3. The van der Waals surface area contributed by atoms with E-state index in [1.54, 1.807) is 24.3 Å². The molecule has 1 saturated heterocycles. The Morgan fingerprint density at radius 2 is 1.78 bits per heavy atom. The smallest absolute Gasteiger partial charge is 0.367 e. The Bertz CT molecular complexity index is 1210. The second-order valence-electron chi connectivity index (χ2n) is 8.52. The quantitative estimate of drug-likeness (QED) is 0.425. The second-order valence-corrected chi connectivity index (χ2v) is 8.52. The maximum atomic E-state index is 14.1. The summed E-state index contributed by atoms with van der Waals surface area (Å²) in [4.78, 5) is 31.4. The van der Waals surface area contributed by atoms with E-state index in [-0.39, 0.29) is 11.1 Å². The summed E-state index contributed by atoms with van der Waals surface area (Å²) < 4.78 is 42.2. The third-order valence-electron chi connectivity index (χ3n) is 6.25. The Morgan fingerprint density at radius 3 is 2.36 bits per heavy atom. The van der Waals surface area contributed by atoms with Crippen molar-refractivity contribution in [2.24, 2.45) is 5.92 Å². The first-order valence-corrected chi connectivity index (χ1v) is 11.3. The number of benzene rings is 2. The minimum absolute atomic E-state index is 0.121. The van der Waals surface area contributed by atoms with Gasteiger partial charge >= 0.3 is 12.2 Å². The molecule has 0 spiro atoms. The highest BCUT2D eigenvalue weighted by Gasteiger charge is 2.66. The zero-order chi connectivity index (χ0) is 25.9. The fourth-order valence-corrected chi connectivity index (χ4v) is 4.39. The number of nitrogens with zero attached hydrogens (tertiary/aromatic N) is 2. The predicted molar refractivity (Wildman–Crippen MR) is 127 cm³/mol. The van der Waals surface area contributed by atoms with Crippen LogP contribution >= 0.6 is 0 Å². The van der Waals surface area contributed by atoms with Crippen LogP contribution in [0.4, 0.5) is 23.7 Å². The number of halogens is 3. The molecule has 2 aromatic carbocycles. The van der Waals surface area contributed by atoms with Crippen LogP contribution in [0.3, 0.4) is 0 Å². The van der Waals surface area contributed by atoms with Gasteiger partial charge in [-0.3, -0.25) is 9.78 Å². The summed E-state index contributed by atoms with van der Waals surface area (Å²) in [5.41, 5.74) is -1.76. The summed E-state index contributed by atoms with van der Waals surface area (Å²) in [6.07, 6.45) is -2.82. The fraction of sp³-hybridized carbons (Fsp3) is 0.269. The van der Waals surface area contributed by atoms with Gasteiger partial charge < -0.3 is 20.6 Å². The molecular weight excluding hydrogens is 473 g/mol. The maximum absolute atomic E-state index is 14.1. The number of ketones is 1. The molecule has 1 aliphatic rings. The van der Waals surface area contributed by atoms with Crippen molar-refractivity contribution in [2.75, 3.05) is 11.4 Å². The Labute approximate surface area is 206 Å². The number of hydrogen-bond donors (Lipinski definition) is 3. The average molecular weight is 499 g/mol. The highest BCUT2D eigenvalue weighted by Crippen LogP contribution is 2.44. The van der Waals surface area contributed by atoms with Gasteiger partial charge in [0.25, 0.3) is 0 Å². The number of carbonyl (C=O) groups excluding carboxylic acids is 2. The van der Waals surface area contributed by atoms with Crippen molar-refractivity contribution in [3.63, 3.8) is 0 Å². The zero-order valence-corrected chi connectivity index (χ0v) is 19.4. The molecule has 1 fully saturated rings. The maximum Gasteiger partial charge on any atom is 0.437 e. The predicted octanol–water partition coefficient (Wildman–Crippen LogP) is 4.21. The molecule has 0 aliphatic carbocycles. The standard InChI is InChI=1S/C26H25F3N4O3/c1-2-33(16-17-7-4-3-5-8-17)20-12-10-18(11-13-20)22-21(23(34)19-9-6-14-30-15-19)25(36,26(27,28)29)32-24(35)31-22/h3-15,21-22,36H,2,16H2,1H3,(H2,31,32,35)/t21-,22-,25-/m0/s1. The lowest BCUT2D eigenvalue weighted by atomic mass is 9.77. The summed E-state index contributed by atoms with van der Waals surface area (Å²) >= 11 is 0. The Balaban J connectivity index is 1.70. The minimum Gasteiger partial charge on any atom is -0.367 e. The van der Waals surface area contributed by atoms with Gasteiger partial charge in [0.15, 0.2) is 5.78 Å². The summed E-state index contributed by atoms with van der Waals surface area (Å²) in [7, 11) is 0. The molecule has 0 radical (unpaired) electrons. The summed E-state index contributed by atoms with van der Waals surface area (Å²) in [5, 5.41) is 14.6. The van der Waals surface area contributed by atoms with E-state index in [1.165, 1.54) is 23.6 Å². The number of rotatable bonds is 7. The number of Topliss-reactive ketones (excluding diaryl/α,β-unsaturated/α-hetero) is 1. The largest absolute Gasteiger partial charge is 0.437 e. The fourth-order valence-electron chi connectivity index (χ4n) is 4.39. The number of nitrogens with one attached hydrogen (secondary N) is 2. The summed E-state index contributed by atoms with van der Waals surface area (Å²) in [6.45, 7) is 3.28. The lowest BCUT2D eigenvalue weighted by molar-refractivity contribution is -0.287. The van der Waals surface area contributed by atoms with Gasteiger partial charge in [0.1, 0.15) is 5.92 Å². The molecule has 188 valence electrons. The number of urea groups is 1. The molecule has 3 atom stereocenters. The third kappa shape index (κ3) is 4.90. The number of anilines is 1. The third-order valence-corrected chi connectivity index (χ3v) is 6.25. The number of aromatic nitrogens is 1. The van der Waals surface area contributed by atoms with Crippen molar-refractivity contribution in [3.05, 3.63) is 95.8 Å². The Morgan fingerprint density at radius 1 is 1.08 bits per heavy atom. The van der Waals surface area contributed by atoms with Crippen LogP contribution in [0.1, 0.15) is 34.5 Å². The monoisotopic (exact) mass is 498 g/mol. The van der Waals surface area contributed by atoms with Crippen molar-refractivity contribution >= 4 is 17.5 Å². The van der Waals surface area contributed by atoms with E-state index < -0.39 is 35.7 Å². The van der Waals surface area contributed by atoms with E-state index in [4.69, 9.17) is 0 Å². The lowest BCUT2D eigenvalue weighted by Gasteiger charge is -2.45. The van der Waals surface area contributed by atoms with Crippen molar-refractivity contribution in [1.82, 2.24) is 15.6 Å². The van der Waals surface area contributed by atoms with Crippen molar-refractivity contribution < 1.29 is 27.9 Å². The van der Waals surface area contributed by atoms with Crippen molar-refractivity contribution in [3.8, 4) is 0 Å². The van der Waals surface area contributed by atoms with E-state index in [9.17, 15) is 27.9 Å². The van der Waals surface area contributed by atoms with Gasteiger partial charge in [-0.25, -0.2) is 4.79 Å². The SMILES string of the molecule is CCN(Cc1ccccc1)c1ccc([C@@H]2NC(=O)N[C@@](O)(C(F)(F)F)[C@@H]2C(=O)c2cccnc2)cc1. The molecule has 7 nitrogen and oxygen atoms in total. The number of aliphatic hydroxyl groups is 1. The highest BCUT2D eigenvalue weighted by molar-refractivity contribution is 6.00. The first kappa shape index (κ1) is 25.2. The molecule has 36 heavy (non-hydrogen) atoms. The molecule has 0 saturated carbocycles. The molecule has 4 rings (SSSR count). The Kier molecular flexibility index (Phi) is 6.98. The number of pyridine rings is 1. The van der Waals surface area contributed by atoms with Crippen LogP contribution in [0.15, 0.2) is 79.1 Å². The number of carbonyl (C=O) groups is 2. The zero-order valence-electron chi connectivity index (χ0n) is 19.4. The van der Waals surface area contributed by atoms with Crippen LogP contribution in [0.25, 0.3) is 0 Å². The van der Waals surface area contributed by atoms with Gasteiger partial charge in [0, 0.05) is 36.7 Å². The summed E-state index contributed by atoms with van der Waals surface area (Å²) in [6, 6.07) is 16.4. The van der Waals surface area contributed by atoms with Crippen LogP contribution in [0.5, 0.6) is 0 Å². The van der Waals surface area contributed by atoms with Crippen LogP contribution < -0.4 is 15.5 Å². The topological polar surface area (TPSA) is 94.6 Å². The van der Waals surface area contributed by atoms with E-state index in [2.05, 4.69) is 15.2 Å². The van der Waals surface area contributed by atoms with Crippen LogP contribution in [0, 0.1) is 5.92 Å². The molecule has 3 N–H and O–H groups in total. The van der Waals surface area contributed by atoms with E-state index >= 15 is 0 Å². The minimum atomic E-state index is -5.32. The molecule has 10 heteroatoms. The first-order valence-electron chi connectivity index (χ1n) is 11.3. The molecule has 2 amide bonds. The molecule has 3 aromatic rings. The molecular formula is C26H25F3N4O3. The van der Waals surface area contributed by atoms with Crippen LogP contribution in [-0.2, 0) is 6.54 Å². The molecule has 2 heterocycles. The number of hydrogen-bond acceptors (Lipinski definition) is 5. The van der Waals surface area contributed by atoms with Gasteiger partial charge in [-0.2, -0.15) is 13.2 Å². The number of amides is 2. The van der Waals surface area contributed by atoms with Gasteiger partial charge in [-0.05, 0) is 42.3 Å². The normalized spacial score (nSPS) is 21.9. The second kappa shape index (κ2) is 9.98. The molecule has 0 unspecified atom stereocenters. The molecule has 0 bridgehead atoms. The van der Waals surface area contributed by atoms with E-state index in [0.717, 1.165) is 17.4 Å². The Hall–Kier alpha value is -3.92.